The van der Waals surface area contributed by atoms with Gasteiger partial charge >= 0.3 is 12.2 Å². The fourth-order valence-corrected chi connectivity index (χ4v) is 4.61. The van der Waals surface area contributed by atoms with Gasteiger partial charge in [-0.1, -0.05) is 38.5 Å². The molecule has 0 aliphatic heterocycles. The summed E-state index contributed by atoms with van der Waals surface area (Å²) in [6, 6.07) is 0.394. The summed E-state index contributed by atoms with van der Waals surface area (Å²) in [5.41, 5.74) is -1.16. The number of aliphatic carboxylic acids is 1. The Balaban J connectivity index is 0.000000323. The first-order valence-electron chi connectivity index (χ1n) is 13.9. The SMILES string of the molecule is C1CCC(NC2CCCCC2)CC1.CC(C)(C)OC(=O)N[C@@H](Cc1cn(C(=O)OC(C)(C)C)cn1)C(=O)[O-]. The second-order valence-corrected chi connectivity index (χ2v) is 12.3. The quantitative estimate of drug-likeness (QED) is 0.556. The number of aromatic nitrogens is 2. The number of rotatable bonds is 6. The number of carboxylic acid groups (broad SMARTS) is 1. The van der Waals surface area contributed by atoms with Crippen LogP contribution in [0.1, 0.15) is 111 Å². The maximum Gasteiger partial charge on any atom is 0.419 e. The van der Waals surface area contributed by atoms with Crippen LogP contribution in [0.4, 0.5) is 9.59 Å². The molecule has 38 heavy (non-hydrogen) atoms. The van der Waals surface area contributed by atoms with Crippen molar-refractivity contribution in [1.29, 1.82) is 0 Å². The van der Waals surface area contributed by atoms with Crippen LogP contribution in [0.15, 0.2) is 12.5 Å². The number of nitrogens with zero attached hydrogens (tertiary/aromatic N) is 2. The van der Waals surface area contributed by atoms with Crippen molar-refractivity contribution in [2.24, 2.45) is 0 Å². The molecule has 2 saturated carbocycles. The van der Waals surface area contributed by atoms with Gasteiger partial charge in [-0.25, -0.2) is 19.1 Å². The standard InChI is InChI=1S/C16H25N3O6.C12H23N/c1-15(2,3)24-13(22)18-11(12(20)21)7-10-8-19(9-17-10)14(23)25-16(4,5)6;1-3-7-11(8-4-1)13-12-9-5-2-6-10-12/h8-9,11H,7H2,1-6H3,(H,18,22)(H,20,21);11-13H,1-10H2/p-1/t11-;/m0./s1. The second kappa shape index (κ2) is 14.5. The van der Waals surface area contributed by atoms with Crippen molar-refractivity contribution in [3.05, 3.63) is 18.2 Å². The lowest BCUT2D eigenvalue weighted by molar-refractivity contribution is -0.308. The molecule has 2 aliphatic rings. The van der Waals surface area contributed by atoms with Gasteiger partial charge in [-0.3, -0.25) is 0 Å². The maximum atomic E-state index is 11.9. The van der Waals surface area contributed by atoms with Crippen LogP contribution in [0.5, 0.6) is 0 Å². The van der Waals surface area contributed by atoms with Crippen molar-refractivity contribution in [2.45, 2.75) is 141 Å². The van der Waals surface area contributed by atoms with Crippen LogP contribution in [0.25, 0.3) is 0 Å². The Kier molecular flexibility index (Phi) is 12.1. The summed E-state index contributed by atoms with van der Waals surface area (Å²) in [6.07, 6.45) is 15.4. The topological polar surface area (TPSA) is 135 Å². The van der Waals surface area contributed by atoms with Crippen molar-refractivity contribution in [3.63, 3.8) is 0 Å². The molecule has 1 aromatic rings. The third-order valence-corrected chi connectivity index (χ3v) is 6.31. The van der Waals surface area contributed by atoms with E-state index in [2.05, 4.69) is 15.6 Å². The van der Waals surface area contributed by atoms with Crippen molar-refractivity contribution < 1.29 is 29.0 Å². The number of carboxylic acids is 1. The van der Waals surface area contributed by atoms with Crippen LogP contribution in [-0.2, 0) is 20.7 Å². The number of imidazole rings is 1. The Morgan fingerprint density at radius 3 is 1.87 bits per heavy atom. The Labute approximate surface area is 227 Å². The number of carbonyl (C=O) groups is 3. The van der Waals surface area contributed by atoms with Gasteiger partial charge in [0.1, 0.15) is 17.5 Å². The lowest BCUT2D eigenvalue weighted by Gasteiger charge is -2.30. The van der Waals surface area contributed by atoms with Gasteiger partial charge in [0.05, 0.1) is 17.7 Å². The first-order chi connectivity index (χ1) is 17.7. The van der Waals surface area contributed by atoms with Crippen molar-refractivity contribution in [1.82, 2.24) is 20.2 Å². The summed E-state index contributed by atoms with van der Waals surface area (Å²) in [6.45, 7) is 10.1. The molecule has 2 fully saturated rings. The molecule has 2 aliphatic carbocycles. The van der Waals surface area contributed by atoms with Gasteiger partial charge in [0.2, 0.25) is 0 Å². The van der Waals surface area contributed by atoms with Gasteiger partial charge in [-0.2, -0.15) is 0 Å². The number of nitrogens with one attached hydrogen (secondary N) is 2. The average Bonchev–Trinajstić information content (AvgIpc) is 3.27. The van der Waals surface area contributed by atoms with Gasteiger partial charge in [-0.15, -0.1) is 0 Å². The molecule has 1 atom stereocenters. The molecule has 1 amide bonds. The van der Waals surface area contributed by atoms with E-state index >= 15 is 0 Å². The molecule has 1 heterocycles. The van der Waals surface area contributed by atoms with E-state index in [4.69, 9.17) is 9.47 Å². The highest BCUT2D eigenvalue weighted by Gasteiger charge is 2.23. The van der Waals surface area contributed by atoms with E-state index in [1.54, 1.807) is 41.5 Å². The molecule has 2 N–H and O–H groups in total. The van der Waals surface area contributed by atoms with Crippen molar-refractivity contribution in [3.8, 4) is 0 Å². The molecule has 10 nitrogen and oxygen atoms in total. The van der Waals surface area contributed by atoms with Crippen LogP contribution in [0, 0.1) is 0 Å². The van der Waals surface area contributed by atoms with Gasteiger partial charge in [-0.05, 0) is 67.2 Å². The summed E-state index contributed by atoms with van der Waals surface area (Å²) in [4.78, 5) is 38.8. The fourth-order valence-electron chi connectivity index (χ4n) is 4.61. The highest BCUT2D eigenvalue weighted by Crippen LogP contribution is 2.22. The van der Waals surface area contributed by atoms with Gasteiger partial charge in [0, 0.05) is 24.7 Å². The third kappa shape index (κ3) is 12.8. The zero-order valence-corrected chi connectivity index (χ0v) is 24.0. The monoisotopic (exact) mass is 535 g/mol. The maximum absolute atomic E-state index is 11.9. The van der Waals surface area contributed by atoms with E-state index in [0.717, 1.165) is 16.7 Å². The summed E-state index contributed by atoms with van der Waals surface area (Å²) in [7, 11) is 0. The minimum absolute atomic E-state index is 0.169. The number of amides is 1. The molecule has 3 rings (SSSR count). The highest BCUT2D eigenvalue weighted by atomic mass is 16.6. The lowest BCUT2D eigenvalue weighted by Crippen LogP contribution is -2.50. The van der Waals surface area contributed by atoms with E-state index < -0.39 is 35.4 Å². The van der Waals surface area contributed by atoms with E-state index in [-0.39, 0.29) is 12.1 Å². The first kappa shape index (κ1) is 31.6. The smallest absolute Gasteiger partial charge is 0.419 e. The zero-order chi connectivity index (χ0) is 28.3. The Bertz CT molecular complexity index is 874. The normalized spacial score (nSPS) is 18.1. The highest BCUT2D eigenvalue weighted by molar-refractivity contribution is 5.79. The van der Waals surface area contributed by atoms with Crippen molar-refractivity contribution >= 4 is 18.2 Å². The van der Waals surface area contributed by atoms with Gasteiger partial charge < -0.3 is 30.0 Å². The third-order valence-electron chi connectivity index (χ3n) is 6.31. The molecular formula is C28H47N4O6-. The van der Waals surface area contributed by atoms with Crippen LogP contribution >= 0.6 is 0 Å². The molecule has 0 unspecified atom stereocenters. The van der Waals surface area contributed by atoms with Gasteiger partial charge in [0.15, 0.2) is 0 Å². The lowest BCUT2D eigenvalue weighted by atomic mass is 9.91. The molecule has 10 heteroatoms. The molecule has 1 aromatic heterocycles. The number of carbonyl (C=O) groups excluding carboxylic acids is 3. The average molecular weight is 536 g/mol. The van der Waals surface area contributed by atoms with Crippen molar-refractivity contribution in [2.75, 3.05) is 0 Å². The number of ether oxygens (including phenoxy) is 2. The predicted molar refractivity (Wildman–Crippen MR) is 143 cm³/mol. The van der Waals surface area contributed by atoms with E-state index in [1.807, 2.05) is 0 Å². The Morgan fingerprint density at radius 2 is 1.42 bits per heavy atom. The summed E-state index contributed by atoms with van der Waals surface area (Å²) in [5.74, 6) is -1.49. The van der Waals surface area contributed by atoms with Crippen LogP contribution in [0.2, 0.25) is 0 Å². The molecule has 0 saturated heterocycles. The number of hydrogen-bond acceptors (Lipinski definition) is 8. The van der Waals surface area contributed by atoms with E-state index in [0.29, 0.717) is 0 Å². The zero-order valence-electron chi connectivity index (χ0n) is 24.0. The molecule has 0 bridgehead atoms. The molecule has 0 aromatic carbocycles. The summed E-state index contributed by atoms with van der Waals surface area (Å²) >= 11 is 0. The van der Waals surface area contributed by atoms with Crippen LogP contribution < -0.4 is 15.7 Å². The molecular weight excluding hydrogens is 488 g/mol. The summed E-state index contributed by atoms with van der Waals surface area (Å²) < 4.78 is 11.3. The molecule has 0 radical (unpaired) electrons. The van der Waals surface area contributed by atoms with E-state index in [1.165, 1.54) is 76.7 Å². The fraction of sp³-hybridized carbons (Fsp3) is 0.786. The predicted octanol–water partition coefficient (Wildman–Crippen LogP) is 4.09. The Morgan fingerprint density at radius 1 is 0.921 bits per heavy atom. The Hall–Kier alpha value is -2.62. The van der Waals surface area contributed by atoms with Crippen LogP contribution in [0.3, 0.4) is 0 Å². The summed E-state index contributed by atoms with van der Waals surface area (Å²) in [5, 5.41) is 17.3. The molecule has 0 spiro atoms. The minimum atomic E-state index is -1.49. The number of alkyl carbamates (subject to hydrolysis) is 1. The number of hydrogen-bond donors (Lipinski definition) is 2. The van der Waals surface area contributed by atoms with Crippen LogP contribution in [-0.4, -0.2) is 57.0 Å². The second-order valence-electron chi connectivity index (χ2n) is 12.3. The van der Waals surface area contributed by atoms with Gasteiger partial charge in [0.25, 0.3) is 0 Å². The minimum Gasteiger partial charge on any atom is -0.548 e. The molecule has 216 valence electrons. The first-order valence-corrected chi connectivity index (χ1v) is 13.9. The largest absolute Gasteiger partial charge is 0.548 e. The van der Waals surface area contributed by atoms with E-state index in [9.17, 15) is 19.5 Å².